The fourth-order valence-electron chi connectivity index (χ4n) is 0.824. The highest BCUT2D eigenvalue weighted by Crippen LogP contribution is 2.04. The molecule has 0 saturated heterocycles. The van der Waals surface area contributed by atoms with Crippen molar-refractivity contribution in [3.8, 4) is 0 Å². The van der Waals surface area contributed by atoms with E-state index in [1.54, 1.807) is 0 Å². The first kappa shape index (κ1) is 12.8. The molecule has 7 nitrogen and oxygen atoms in total. The Morgan fingerprint density at radius 3 is 2.50 bits per heavy atom. The summed E-state index contributed by atoms with van der Waals surface area (Å²) in [5.41, 5.74) is 0. The van der Waals surface area contributed by atoms with Crippen molar-refractivity contribution in [2.24, 2.45) is 0 Å². The number of aliphatic hydroxyl groups excluding tert-OH is 4. The lowest BCUT2D eigenvalue weighted by molar-refractivity contribution is -0.151. The fourth-order valence-corrected chi connectivity index (χ4v) is 0.824. The average Bonchev–Trinajstić information content (AvgIpc) is 2.33. The van der Waals surface area contributed by atoms with Gasteiger partial charge in [0.1, 0.15) is 31.0 Å². The highest BCUT2D eigenvalue weighted by Gasteiger charge is 2.30. The summed E-state index contributed by atoms with van der Waals surface area (Å²) in [5, 5.41) is 36.6. The van der Waals surface area contributed by atoms with Crippen molar-refractivity contribution in [3.63, 3.8) is 0 Å². The van der Waals surface area contributed by atoms with Gasteiger partial charge < -0.3 is 30.0 Å². The van der Waals surface area contributed by atoms with Crippen LogP contribution in [0.15, 0.2) is 12.6 Å². The van der Waals surface area contributed by atoms with Crippen molar-refractivity contribution >= 4 is 12.3 Å². The minimum atomic E-state index is -1.88. The van der Waals surface area contributed by atoms with E-state index in [9.17, 15) is 19.8 Å². The predicted molar refractivity (Wildman–Crippen MR) is 51.2 cm³/mol. The van der Waals surface area contributed by atoms with Crippen molar-refractivity contribution in [1.29, 1.82) is 0 Å². The third-order valence-corrected chi connectivity index (χ3v) is 1.77. The van der Waals surface area contributed by atoms with Crippen LogP contribution in [0.3, 0.4) is 0 Å². The van der Waals surface area contributed by atoms with E-state index in [-0.39, 0.29) is 6.29 Å². The van der Waals surface area contributed by atoms with Crippen molar-refractivity contribution in [2.45, 2.75) is 24.4 Å². The maximum absolute atomic E-state index is 10.7. The highest BCUT2D eigenvalue weighted by molar-refractivity contribution is 5.81. The maximum Gasteiger partial charge on any atom is 0.330 e. The molecule has 4 atom stereocenters. The average molecular weight is 235 g/mol. The Kier molecular flexibility index (Phi) is 5.65. The maximum atomic E-state index is 10.7. The van der Waals surface area contributed by atoms with Crippen LogP contribution in [0.4, 0.5) is 0 Å². The Bertz CT molecular complexity index is 281. The zero-order valence-electron chi connectivity index (χ0n) is 9.26. The van der Waals surface area contributed by atoms with Crippen molar-refractivity contribution < 1.29 is 36.1 Å². The number of ether oxygens (including phenoxy) is 1. The monoisotopic (exact) mass is 235 g/mol. The second-order valence-corrected chi connectivity index (χ2v) is 2.97. The first-order valence-electron chi connectivity index (χ1n) is 4.91. The third kappa shape index (κ3) is 4.49. The normalized spacial score (nSPS) is 19.6. The molecule has 0 aliphatic heterocycles. The van der Waals surface area contributed by atoms with E-state index in [1.165, 1.54) is 0 Å². The van der Waals surface area contributed by atoms with Gasteiger partial charge in [0.15, 0.2) is 6.29 Å². The molecule has 7 heteroatoms. The molecule has 0 unspecified atom stereocenters. The molecular formula is C9H14O7. The molecule has 0 spiro atoms. The molecule has 0 saturated carbocycles. The first-order valence-corrected chi connectivity index (χ1v) is 4.33. The summed E-state index contributed by atoms with van der Waals surface area (Å²) in [5.74, 6) is -0.906. The Morgan fingerprint density at radius 1 is 1.38 bits per heavy atom. The van der Waals surface area contributed by atoms with Gasteiger partial charge in [-0.15, -0.1) is 0 Å². The number of aldehydes is 1. The van der Waals surface area contributed by atoms with Gasteiger partial charge in [0.05, 0.1) is 1.37 Å². The molecule has 0 radical (unpaired) electrons. The number of rotatable bonds is 7. The molecule has 0 aromatic rings. The van der Waals surface area contributed by atoms with Gasteiger partial charge in [0, 0.05) is 6.08 Å². The van der Waals surface area contributed by atoms with Crippen LogP contribution in [0.5, 0.6) is 0 Å². The predicted octanol–water partition coefficient (Wildman–Crippen LogP) is -2.64. The molecule has 0 amide bonds. The van der Waals surface area contributed by atoms with Crippen molar-refractivity contribution in [3.05, 3.63) is 12.6 Å². The molecule has 0 fully saturated rings. The van der Waals surface area contributed by atoms with Crippen LogP contribution >= 0.6 is 0 Å². The summed E-state index contributed by atoms with van der Waals surface area (Å²) >= 11 is 0. The summed E-state index contributed by atoms with van der Waals surface area (Å²) < 4.78 is 10.9. The summed E-state index contributed by atoms with van der Waals surface area (Å²) in [4.78, 5) is 20.8. The zero-order chi connectivity index (χ0) is 13.4. The van der Waals surface area contributed by atoms with Gasteiger partial charge in [-0.2, -0.15) is 0 Å². The molecule has 16 heavy (non-hydrogen) atoms. The summed E-state index contributed by atoms with van der Waals surface area (Å²) in [6.45, 7) is 0.0309. The van der Waals surface area contributed by atoms with E-state index in [1.807, 2.05) is 0 Å². The molecular weight excluding hydrogens is 220 g/mol. The molecule has 92 valence electrons. The highest BCUT2D eigenvalue weighted by atomic mass is 16.5. The molecule has 0 rings (SSSR count). The number of esters is 1. The minimum Gasteiger partial charge on any atom is -0.460 e. The van der Waals surface area contributed by atoms with Gasteiger partial charge in [0.2, 0.25) is 0 Å². The minimum absolute atomic E-state index is 0.00452. The summed E-state index contributed by atoms with van der Waals surface area (Å²) in [6, 6.07) is 0. The topological polar surface area (TPSA) is 124 Å². The Morgan fingerprint density at radius 2 is 2.00 bits per heavy atom. The number of hydrogen-bond donors (Lipinski definition) is 4. The Labute approximate surface area is 93.0 Å². The quantitative estimate of drug-likeness (QED) is 0.216. The standard InChI is InChI=1S/C9H14O7/c1-2-7(13)16-4-6(12)9(15)8(14)5(11)3-10/h2-3,5-6,8-9,11-12,14-15H,1,4H2/t5-,6+,8+,9+/m0/s1/i1D. The smallest absolute Gasteiger partial charge is 0.330 e. The molecule has 0 aliphatic rings. The van der Waals surface area contributed by atoms with Gasteiger partial charge in [-0.1, -0.05) is 6.55 Å². The molecule has 0 aromatic carbocycles. The van der Waals surface area contributed by atoms with Gasteiger partial charge in [0.25, 0.3) is 0 Å². The van der Waals surface area contributed by atoms with Crippen LogP contribution in [0, 0.1) is 0 Å². The number of carbonyl (C=O) groups excluding carboxylic acids is 2. The molecule has 0 aromatic heterocycles. The zero-order valence-corrected chi connectivity index (χ0v) is 8.26. The second kappa shape index (κ2) is 7.07. The van der Waals surface area contributed by atoms with Crippen LogP contribution in [-0.2, 0) is 14.3 Å². The number of hydrogen-bond acceptors (Lipinski definition) is 7. The van der Waals surface area contributed by atoms with E-state index in [2.05, 4.69) is 4.74 Å². The molecule has 4 N–H and O–H groups in total. The molecule has 0 heterocycles. The number of aliphatic hydroxyl groups is 4. The van der Waals surface area contributed by atoms with Crippen LogP contribution in [0.25, 0.3) is 0 Å². The van der Waals surface area contributed by atoms with Gasteiger partial charge in [-0.3, -0.25) is 0 Å². The Hall–Kier alpha value is -1.28. The van der Waals surface area contributed by atoms with E-state index in [0.29, 0.717) is 6.55 Å². The summed E-state index contributed by atoms with van der Waals surface area (Å²) in [6.07, 6.45) is -6.47. The SMILES string of the molecule is [2H]C=CC(=O)OC[C@@H](O)[C@@H](O)[C@H](O)[C@@H](O)C=O. The van der Waals surface area contributed by atoms with Crippen molar-refractivity contribution in [2.75, 3.05) is 6.61 Å². The second-order valence-electron chi connectivity index (χ2n) is 2.97. The molecule has 0 aliphatic carbocycles. The fraction of sp³-hybridized carbons (Fsp3) is 0.556. The van der Waals surface area contributed by atoms with Gasteiger partial charge >= 0.3 is 5.97 Å². The van der Waals surface area contributed by atoms with E-state index in [0.717, 1.165) is 6.08 Å². The first-order chi connectivity index (χ1) is 7.93. The van der Waals surface area contributed by atoms with E-state index >= 15 is 0 Å². The van der Waals surface area contributed by atoms with Crippen LogP contribution in [0.2, 0.25) is 0 Å². The van der Waals surface area contributed by atoms with Gasteiger partial charge in [-0.05, 0) is 0 Å². The Balaban J connectivity index is 4.17. The van der Waals surface area contributed by atoms with Gasteiger partial charge in [-0.25, -0.2) is 4.79 Å². The van der Waals surface area contributed by atoms with Crippen LogP contribution < -0.4 is 0 Å². The molecule has 0 bridgehead atoms. The van der Waals surface area contributed by atoms with E-state index < -0.39 is 37.0 Å². The van der Waals surface area contributed by atoms with Crippen molar-refractivity contribution in [1.82, 2.24) is 0 Å². The lowest BCUT2D eigenvalue weighted by Gasteiger charge is -2.23. The summed E-state index contributed by atoms with van der Waals surface area (Å²) in [7, 11) is 0. The van der Waals surface area contributed by atoms with Crippen LogP contribution in [0.1, 0.15) is 1.37 Å². The number of carbonyl (C=O) groups is 2. The third-order valence-electron chi connectivity index (χ3n) is 1.77. The lowest BCUT2D eigenvalue weighted by atomic mass is 10.0. The lowest BCUT2D eigenvalue weighted by Crippen LogP contribution is -2.46. The largest absolute Gasteiger partial charge is 0.460 e. The van der Waals surface area contributed by atoms with Crippen LogP contribution in [-0.4, -0.2) is 63.7 Å². The van der Waals surface area contributed by atoms with E-state index in [4.69, 9.17) is 11.6 Å².